The second-order valence-corrected chi connectivity index (χ2v) is 8.23. The molecule has 23 heavy (non-hydrogen) atoms. The number of rotatable bonds is 4. The molecular weight excluding hydrogens is 312 g/mol. The van der Waals surface area contributed by atoms with Crippen LogP contribution in [-0.2, 0) is 10.0 Å². The fraction of sp³-hybridized carbons (Fsp3) is 0.625. The van der Waals surface area contributed by atoms with E-state index in [4.69, 9.17) is 0 Å². The molecule has 0 bridgehead atoms. The lowest BCUT2D eigenvalue weighted by molar-refractivity contribution is 0.459. The summed E-state index contributed by atoms with van der Waals surface area (Å²) in [6, 6.07) is 4.14. The molecule has 1 N–H and O–H groups in total. The third-order valence-corrected chi connectivity index (χ3v) is 4.91. The first-order chi connectivity index (χ1) is 10.7. The van der Waals surface area contributed by atoms with Crippen LogP contribution in [0.5, 0.6) is 0 Å². The van der Waals surface area contributed by atoms with Crippen LogP contribution in [0.4, 0.5) is 5.82 Å². The molecule has 1 saturated heterocycles. The summed E-state index contributed by atoms with van der Waals surface area (Å²) in [6.07, 6.45) is 2.61. The summed E-state index contributed by atoms with van der Waals surface area (Å²) in [6.45, 7) is 7.53. The number of anilines is 1. The zero-order valence-corrected chi connectivity index (χ0v) is 14.9. The molecule has 0 radical (unpaired) electrons. The minimum Gasteiger partial charge on any atom is -0.355 e. The lowest BCUT2D eigenvalue weighted by atomic mass is 9.99. The molecule has 0 unspecified atom stereocenters. The van der Waals surface area contributed by atoms with Gasteiger partial charge in [-0.1, -0.05) is 13.8 Å². The molecule has 6 nitrogen and oxygen atoms in total. The van der Waals surface area contributed by atoms with E-state index >= 15 is 0 Å². The smallest absolute Gasteiger partial charge is 0.208 e. The zero-order valence-electron chi connectivity index (χ0n) is 14.1. The third kappa shape index (κ3) is 4.43. The number of sulfonamides is 1. The highest BCUT2D eigenvalue weighted by Gasteiger charge is 2.24. The van der Waals surface area contributed by atoms with Gasteiger partial charge in [-0.3, -0.25) is 0 Å². The number of nitrogens with zero attached hydrogens (tertiary/aromatic N) is 3. The summed E-state index contributed by atoms with van der Waals surface area (Å²) in [5.74, 6) is 1.04. The molecule has 1 aliphatic rings. The maximum Gasteiger partial charge on any atom is 0.208 e. The van der Waals surface area contributed by atoms with Crippen molar-refractivity contribution >= 4 is 15.8 Å². The Hall–Kier alpha value is -1.65. The first-order valence-corrected chi connectivity index (χ1v) is 9.74. The van der Waals surface area contributed by atoms with E-state index in [0.717, 1.165) is 11.3 Å². The van der Waals surface area contributed by atoms with Gasteiger partial charge in [0.15, 0.2) is 0 Å². The highest BCUT2D eigenvalue weighted by Crippen LogP contribution is 2.27. The van der Waals surface area contributed by atoms with Gasteiger partial charge in [0, 0.05) is 24.8 Å². The summed E-state index contributed by atoms with van der Waals surface area (Å²) >= 11 is 0. The number of hydrogen-bond acceptors (Lipinski definition) is 5. The van der Waals surface area contributed by atoms with Crippen molar-refractivity contribution in [3.05, 3.63) is 22.9 Å². The second kappa shape index (κ2) is 6.85. The second-order valence-electron chi connectivity index (χ2n) is 6.45. The highest BCUT2D eigenvalue weighted by atomic mass is 32.2. The Kier molecular flexibility index (Phi) is 5.27. The molecule has 0 aromatic carbocycles. The van der Waals surface area contributed by atoms with Crippen molar-refractivity contribution in [2.24, 2.45) is 0 Å². The standard InChI is InChI=1S/C16H24N4O2S/c1-11(2)15-9-13(10-17)16(18-12(15)3)20-7-5-14(6-8-20)19-23(4,21)22/h9,11,14,19H,5-8H2,1-4H3. The molecule has 0 atom stereocenters. The molecule has 1 aromatic rings. The number of piperidine rings is 1. The summed E-state index contributed by atoms with van der Waals surface area (Å²) < 4.78 is 25.3. The van der Waals surface area contributed by atoms with Crippen LogP contribution in [0.3, 0.4) is 0 Å². The van der Waals surface area contributed by atoms with Gasteiger partial charge in [-0.05, 0) is 37.3 Å². The number of hydrogen-bond donors (Lipinski definition) is 1. The Bertz CT molecular complexity index is 714. The van der Waals surface area contributed by atoms with Gasteiger partial charge in [-0.25, -0.2) is 18.1 Å². The molecular formula is C16H24N4O2S. The van der Waals surface area contributed by atoms with Crippen LogP contribution in [-0.4, -0.2) is 38.8 Å². The molecule has 7 heteroatoms. The molecule has 0 aliphatic carbocycles. The number of aromatic nitrogens is 1. The van der Waals surface area contributed by atoms with Gasteiger partial charge in [0.25, 0.3) is 0 Å². The SMILES string of the molecule is Cc1nc(N2CCC(NS(C)(=O)=O)CC2)c(C#N)cc1C(C)C. The van der Waals surface area contributed by atoms with E-state index < -0.39 is 10.0 Å². The highest BCUT2D eigenvalue weighted by molar-refractivity contribution is 7.88. The number of pyridine rings is 1. The van der Waals surface area contributed by atoms with Crippen LogP contribution in [0, 0.1) is 18.3 Å². The zero-order chi connectivity index (χ0) is 17.2. The molecule has 1 aromatic heterocycles. The van der Waals surface area contributed by atoms with Gasteiger partial charge < -0.3 is 4.90 Å². The van der Waals surface area contributed by atoms with Gasteiger partial charge in [0.2, 0.25) is 10.0 Å². The van der Waals surface area contributed by atoms with E-state index in [0.29, 0.717) is 43.2 Å². The Morgan fingerprint density at radius 3 is 2.48 bits per heavy atom. The maximum absolute atomic E-state index is 11.3. The van der Waals surface area contributed by atoms with E-state index in [9.17, 15) is 13.7 Å². The fourth-order valence-electron chi connectivity index (χ4n) is 3.03. The van der Waals surface area contributed by atoms with Gasteiger partial charge in [-0.15, -0.1) is 0 Å². The predicted molar refractivity (Wildman–Crippen MR) is 91.0 cm³/mol. The lowest BCUT2D eigenvalue weighted by Gasteiger charge is -2.33. The molecule has 126 valence electrons. The van der Waals surface area contributed by atoms with E-state index in [1.165, 1.54) is 6.26 Å². The Balaban J connectivity index is 2.18. The molecule has 1 aliphatic heterocycles. The van der Waals surface area contributed by atoms with Gasteiger partial charge in [0.05, 0.1) is 11.8 Å². The molecule has 0 saturated carbocycles. The van der Waals surface area contributed by atoms with Crippen LogP contribution < -0.4 is 9.62 Å². The van der Waals surface area contributed by atoms with E-state index in [1.54, 1.807) is 0 Å². The summed E-state index contributed by atoms with van der Waals surface area (Å²) in [5.41, 5.74) is 2.64. The van der Waals surface area contributed by atoms with Crippen molar-refractivity contribution < 1.29 is 8.42 Å². The Morgan fingerprint density at radius 2 is 2.00 bits per heavy atom. The van der Waals surface area contributed by atoms with Crippen LogP contribution in [0.1, 0.15) is 49.4 Å². The van der Waals surface area contributed by atoms with Gasteiger partial charge in [-0.2, -0.15) is 5.26 Å². The minimum atomic E-state index is -3.18. The van der Waals surface area contributed by atoms with Crippen molar-refractivity contribution in [3.63, 3.8) is 0 Å². The number of nitrogens with one attached hydrogen (secondary N) is 1. The summed E-state index contributed by atoms with van der Waals surface area (Å²) in [7, 11) is -3.18. The molecule has 2 rings (SSSR count). The van der Waals surface area contributed by atoms with Crippen LogP contribution in [0.25, 0.3) is 0 Å². The first-order valence-electron chi connectivity index (χ1n) is 7.85. The van der Waals surface area contributed by atoms with Gasteiger partial charge in [0.1, 0.15) is 11.9 Å². The van der Waals surface area contributed by atoms with Crippen LogP contribution >= 0.6 is 0 Å². The van der Waals surface area contributed by atoms with E-state index in [1.807, 2.05) is 13.0 Å². The first kappa shape index (κ1) is 17.7. The third-order valence-electron chi connectivity index (χ3n) is 4.15. The lowest BCUT2D eigenvalue weighted by Crippen LogP contribution is -2.44. The van der Waals surface area contributed by atoms with Crippen molar-refractivity contribution in [2.45, 2.75) is 45.6 Å². The maximum atomic E-state index is 11.3. The van der Waals surface area contributed by atoms with Crippen molar-refractivity contribution in [3.8, 4) is 6.07 Å². The van der Waals surface area contributed by atoms with E-state index in [2.05, 4.69) is 34.5 Å². The largest absolute Gasteiger partial charge is 0.355 e. The van der Waals surface area contributed by atoms with Crippen molar-refractivity contribution in [1.82, 2.24) is 9.71 Å². The average molecular weight is 336 g/mol. The van der Waals surface area contributed by atoms with Crippen molar-refractivity contribution in [2.75, 3.05) is 24.2 Å². The fourth-order valence-corrected chi connectivity index (χ4v) is 3.87. The van der Waals surface area contributed by atoms with Crippen molar-refractivity contribution in [1.29, 1.82) is 5.26 Å². The van der Waals surface area contributed by atoms with Crippen LogP contribution in [0.2, 0.25) is 0 Å². The quantitative estimate of drug-likeness (QED) is 0.907. The Morgan fingerprint density at radius 1 is 1.39 bits per heavy atom. The van der Waals surface area contributed by atoms with E-state index in [-0.39, 0.29) is 6.04 Å². The topological polar surface area (TPSA) is 86.1 Å². The monoisotopic (exact) mass is 336 g/mol. The summed E-state index contributed by atoms with van der Waals surface area (Å²) in [4.78, 5) is 6.73. The summed E-state index contributed by atoms with van der Waals surface area (Å²) in [5, 5.41) is 9.44. The molecule has 0 amide bonds. The van der Waals surface area contributed by atoms with Gasteiger partial charge >= 0.3 is 0 Å². The Labute approximate surface area is 138 Å². The molecule has 1 fully saturated rings. The molecule has 2 heterocycles. The average Bonchev–Trinajstić information content (AvgIpc) is 2.45. The van der Waals surface area contributed by atoms with Crippen LogP contribution in [0.15, 0.2) is 6.07 Å². The normalized spacial score (nSPS) is 16.6. The minimum absolute atomic E-state index is 0.0391. The molecule has 0 spiro atoms. The number of nitriles is 1. The number of aryl methyl sites for hydroxylation is 1. The predicted octanol–water partition coefficient (Wildman–Crippen LogP) is 1.90.